The van der Waals surface area contributed by atoms with Crippen LogP contribution in [0.2, 0.25) is 0 Å². The third-order valence-corrected chi connectivity index (χ3v) is 2.59. The fourth-order valence-corrected chi connectivity index (χ4v) is 1.56. The minimum Gasteiger partial charge on any atom is -0.480 e. The summed E-state index contributed by atoms with van der Waals surface area (Å²) in [6, 6.07) is -1.60. The molecule has 0 aliphatic rings. The monoisotopic (exact) mass is 286 g/mol. The highest BCUT2D eigenvalue weighted by Crippen LogP contribution is 2.02. The van der Waals surface area contributed by atoms with E-state index < -0.39 is 24.0 Å². The topological polar surface area (TPSA) is 95.9 Å². The summed E-state index contributed by atoms with van der Waals surface area (Å²) in [5.41, 5.74) is 0. The molecule has 2 N–H and O–H groups in total. The van der Waals surface area contributed by atoms with Crippen molar-refractivity contribution in [3.05, 3.63) is 12.7 Å². The number of nitrogens with one attached hydrogen (secondary N) is 1. The second kappa shape index (κ2) is 9.82. The lowest BCUT2D eigenvalue weighted by Crippen LogP contribution is -2.48. The molecular formula is C13H22N2O5. The van der Waals surface area contributed by atoms with E-state index in [0.717, 1.165) is 6.42 Å². The predicted molar refractivity (Wildman–Crippen MR) is 73.3 cm³/mol. The summed E-state index contributed by atoms with van der Waals surface area (Å²) in [6.07, 6.45) is 2.24. The lowest BCUT2D eigenvalue weighted by molar-refractivity contribution is -0.142. The summed E-state index contributed by atoms with van der Waals surface area (Å²) in [7, 11) is 1.23. The number of urea groups is 1. The van der Waals surface area contributed by atoms with Crippen molar-refractivity contribution in [3.63, 3.8) is 0 Å². The lowest BCUT2D eigenvalue weighted by Gasteiger charge is -2.23. The molecule has 7 nitrogen and oxygen atoms in total. The Morgan fingerprint density at radius 3 is 2.55 bits per heavy atom. The van der Waals surface area contributed by atoms with Gasteiger partial charge in [-0.15, -0.1) is 6.58 Å². The van der Waals surface area contributed by atoms with Crippen LogP contribution in [0, 0.1) is 0 Å². The number of carbonyl (C=O) groups excluding carboxylic acids is 2. The van der Waals surface area contributed by atoms with E-state index in [1.165, 1.54) is 12.0 Å². The summed E-state index contributed by atoms with van der Waals surface area (Å²) < 4.78 is 4.44. The van der Waals surface area contributed by atoms with Gasteiger partial charge in [-0.05, 0) is 12.8 Å². The van der Waals surface area contributed by atoms with E-state index in [2.05, 4.69) is 16.6 Å². The normalized spacial score (nSPS) is 11.3. The molecule has 0 saturated heterocycles. The Hall–Kier alpha value is -2.05. The molecule has 0 heterocycles. The third kappa shape index (κ3) is 6.77. The van der Waals surface area contributed by atoms with E-state index >= 15 is 0 Å². The number of rotatable bonds is 9. The first-order valence-corrected chi connectivity index (χ1v) is 6.42. The Bertz CT molecular complexity index is 357. The van der Waals surface area contributed by atoms with Gasteiger partial charge in [0.15, 0.2) is 0 Å². The van der Waals surface area contributed by atoms with Crippen molar-refractivity contribution in [1.82, 2.24) is 10.2 Å². The second-order valence-corrected chi connectivity index (χ2v) is 4.19. The summed E-state index contributed by atoms with van der Waals surface area (Å²) >= 11 is 0. The van der Waals surface area contributed by atoms with Gasteiger partial charge in [0.05, 0.1) is 7.11 Å². The molecule has 0 bridgehead atoms. The molecule has 0 aliphatic heterocycles. The van der Waals surface area contributed by atoms with Crippen molar-refractivity contribution in [2.24, 2.45) is 0 Å². The lowest BCUT2D eigenvalue weighted by atomic mass is 10.1. The zero-order valence-corrected chi connectivity index (χ0v) is 11.9. The van der Waals surface area contributed by atoms with E-state index in [9.17, 15) is 14.4 Å². The second-order valence-electron chi connectivity index (χ2n) is 4.19. The van der Waals surface area contributed by atoms with Crippen molar-refractivity contribution in [1.29, 1.82) is 0 Å². The van der Waals surface area contributed by atoms with Crippen LogP contribution in [0.3, 0.4) is 0 Å². The van der Waals surface area contributed by atoms with Gasteiger partial charge < -0.3 is 20.1 Å². The number of carboxylic acid groups (broad SMARTS) is 1. The van der Waals surface area contributed by atoms with Gasteiger partial charge in [-0.25, -0.2) is 9.59 Å². The Labute approximate surface area is 118 Å². The maximum atomic E-state index is 11.9. The summed E-state index contributed by atoms with van der Waals surface area (Å²) in [4.78, 5) is 35.5. The standard InChI is InChI=1S/C13H22N2O5/c1-4-8-15(9-5-2)13(19)14-10(12(17)18)6-7-11(16)20-3/h4,10H,1,5-9H2,2-3H3,(H,14,19)(H,17,18)/t10-/m1/s1. The molecule has 0 saturated carbocycles. The maximum Gasteiger partial charge on any atom is 0.326 e. The highest BCUT2D eigenvalue weighted by Gasteiger charge is 2.23. The van der Waals surface area contributed by atoms with Crippen LogP contribution in [0.1, 0.15) is 26.2 Å². The van der Waals surface area contributed by atoms with Gasteiger partial charge >= 0.3 is 18.0 Å². The van der Waals surface area contributed by atoms with Crippen molar-refractivity contribution in [3.8, 4) is 0 Å². The third-order valence-electron chi connectivity index (χ3n) is 2.59. The first kappa shape index (κ1) is 17.9. The average molecular weight is 286 g/mol. The highest BCUT2D eigenvalue weighted by atomic mass is 16.5. The van der Waals surface area contributed by atoms with Gasteiger partial charge in [0, 0.05) is 19.5 Å². The Morgan fingerprint density at radius 2 is 2.10 bits per heavy atom. The van der Waals surface area contributed by atoms with Crippen LogP contribution < -0.4 is 5.32 Å². The first-order valence-electron chi connectivity index (χ1n) is 6.42. The number of ether oxygens (including phenoxy) is 1. The summed E-state index contributed by atoms with van der Waals surface area (Å²) in [5.74, 6) is -1.70. The summed E-state index contributed by atoms with van der Waals surface area (Å²) in [5, 5.41) is 11.4. The number of carbonyl (C=O) groups is 3. The molecule has 0 rings (SSSR count). The van der Waals surface area contributed by atoms with Crippen molar-refractivity contribution in [2.45, 2.75) is 32.2 Å². The fourth-order valence-electron chi connectivity index (χ4n) is 1.56. The number of aliphatic carboxylic acids is 1. The van der Waals surface area contributed by atoms with Crippen LogP contribution in [0.5, 0.6) is 0 Å². The fraction of sp³-hybridized carbons (Fsp3) is 0.615. The van der Waals surface area contributed by atoms with Crippen LogP contribution in [-0.4, -0.2) is 54.2 Å². The van der Waals surface area contributed by atoms with Gasteiger partial charge in [0.2, 0.25) is 0 Å². The Kier molecular flexibility index (Phi) is 8.82. The molecule has 0 fully saturated rings. The minimum absolute atomic E-state index is 0.0121. The number of carboxylic acids is 1. The van der Waals surface area contributed by atoms with E-state index in [4.69, 9.17) is 5.11 Å². The molecule has 2 amide bonds. The van der Waals surface area contributed by atoms with E-state index in [-0.39, 0.29) is 12.8 Å². The molecule has 0 unspecified atom stereocenters. The van der Waals surface area contributed by atoms with Crippen molar-refractivity contribution in [2.75, 3.05) is 20.2 Å². The van der Waals surface area contributed by atoms with Gasteiger partial charge in [-0.3, -0.25) is 4.79 Å². The molecular weight excluding hydrogens is 264 g/mol. The number of methoxy groups -OCH3 is 1. The number of hydrogen-bond acceptors (Lipinski definition) is 4. The molecule has 0 aromatic carbocycles. The molecule has 0 aromatic heterocycles. The zero-order valence-electron chi connectivity index (χ0n) is 11.9. The Morgan fingerprint density at radius 1 is 1.45 bits per heavy atom. The molecule has 1 atom stereocenters. The van der Waals surface area contributed by atoms with Crippen LogP contribution in [0.4, 0.5) is 4.79 Å². The van der Waals surface area contributed by atoms with Crippen LogP contribution in [0.25, 0.3) is 0 Å². The van der Waals surface area contributed by atoms with Crippen LogP contribution in [0.15, 0.2) is 12.7 Å². The molecule has 0 radical (unpaired) electrons. The van der Waals surface area contributed by atoms with E-state index in [1.54, 1.807) is 6.08 Å². The quantitative estimate of drug-likeness (QED) is 0.487. The van der Waals surface area contributed by atoms with Crippen LogP contribution >= 0.6 is 0 Å². The van der Waals surface area contributed by atoms with Gasteiger partial charge in [-0.2, -0.15) is 0 Å². The Balaban J connectivity index is 4.55. The molecule has 20 heavy (non-hydrogen) atoms. The van der Waals surface area contributed by atoms with Gasteiger partial charge in [0.25, 0.3) is 0 Å². The molecule has 7 heteroatoms. The molecule has 114 valence electrons. The maximum absolute atomic E-state index is 11.9. The SMILES string of the molecule is C=CCN(CCC)C(=O)N[C@H](CCC(=O)OC)C(=O)O. The summed E-state index contributed by atoms with van der Waals surface area (Å²) in [6.45, 7) is 6.30. The van der Waals surface area contributed by atoms with Crippen molar-refractivity contribution < 1.29 is 24.2 Å². The number of amides is 2. The molecule has 0 aliphatic carbocycles. The van der Waals surface area contributed by atoms with E-state index in [0.29, 0.717) is 13.1 Å². The molecule has 0 aromatic rings. The van der Waals surface area contributed by atoms with Crippen LogP contribution in [-0.2, 0) is 14.3 Å². The minimum atomic E-state index is -1.18. The average Bonchev–Trinajstić information content (AvgIpc) is 2.42. The number of hydrogen-bond donors (Lipinski definition) is 2. The zero-order chi connectivity index (χ0) is 15.5. The van der Waals surface area contributed by atoms with E-state index in [1.807, 2.05) is 6.92 Å². The first-order chi connectivity index (χ1) is 9.46. The predicted octanol–water partition coefficient (Wildman–Crippen LogP) is 1.00. The van der Waals surface area contributed by atoms with Crippen molar-refractivity contribution >= 4 is 18.0 Å². The highest BCUT2D eigenvalue weighted by molar-refractivity contribution is 5.83. The molecule has 0 spiro atoms. The van der Waals surface area contributed by atoms with Gasteiger partial charge in [0.1, 0.15) is 6.04 Å². The largest absolute Gasteiger partial charge is 0.480 e. The van der Waals surface area contributed by atoms with Gasteiger partial charge in [-0.1, -0.05) is 13.0 Å². The number of esters is 1. The number of nitrogens with zero attached hydrogens (tertiary/aromatic N) is 1. The smallest absolute Gasteiger partial charge is 0.326 e.